The molecule has 2 aromatic rings. The van der Waals surface area contributed by atoms with Gasteiger partial charge in [-0.1, -0.05) is 27.0 Å². The molecular formula is C33H44O10. The Morgan fingerprint density at radius 3 is 1.12 bits per heavy atom. The maximum absolute atomic E-state index is 12.4. The Hall–Kier alpha value is -4.34. The summed E-state index contributed by atoms with van der Waals surface area (Å²) < 4.78 is 47.6. The third-order valence-electron chi connectivity index (χ3n) is 6.15. The summed E-state index contributed by atoms with van der Waals surface area (Å²) in [4.78, 5) is 24.8. The Morgan fingerprint density at radius 1 is 0.558 bits per heavy atom. The molecule has 0 aliphatic rings. The summed E-state index contributed by atoms with van der Waals surface area (Å²) in [5.74, 6) is 0.638. The zero-order valence-electron chi connectivity index (χ0n) is 26.5. The molecule has 0 atom stereocenters. The van der Waals surface area contributed by atoms with E-state index in [1.165, 1.54) is 0 Å². The van der Waals surface area contributed by atoms with Gasteiger partial charge in [-0.25, -0.2) is 9.59 Å². The van der Waals surface area contributed by atoms with Gasteiger partial charge in [0.2, 0.25) is 23.0 Å². The molecule has 10 nitrogen and oxygen atoms in total. The van der Waals surface area contributed by atoms with Crippen LogP contribution in [0.4, 0.5) is 0 Å². The molecule has 2 rings (SSSR count). The summed E-state index contributed by atoms with van der Waals surface area (Å²) in [7, 11) is 0. The normalized spacial score (nSPS) is 10.8. The van der Waals surface area contributed by atoms with Gasteiger partial charge in [-0.2, -0.15) is 0 Å². The first-order valence-corrected chi connectivity index (χ1v) is 14.5. The van der Waals surface area contributed by atoms with E-state index in [0.29, 0.717) is 35.8 Å². The molecule has 10 heteroatoms. The second-order valence-corrected chi connectivity index (χ2v) is 9.29. The minimum absolute atomic E-state index is 0.119. The number of benzene rings is 2. The summed E-state index contributed by atoms with van der Waals surface area (Å²) >= 11 is 0. The highest BCUT2D eigenvalue weighted by Crippen LogP contribution is 2.56. The van der Waals surface area contributed by atoms with Crippen LogP contribution in [0, 0.1) is 0 Å². The topological polar surface area (TPSA) is 108 Å². The van der Waals surface area contributed by atoms with Crippen molar-refractivity contribution >= 4 is 11.9 Å². The summed E-state index contributed by atoms with van der Waals surface area (Å²) in [5.41, 5.74) is 0.163. The number of rotatable bonds is 18. The first-order chi connectivity index (χ1) is 20.6. The van der Waals surface area contributed by atoms with E-state index in [0.717, 1.165) is 12.2 Å². The number of carbonyl (C=O) groups is 2. The molecule has 0 aliphatic carbocycles. The summed E-state index contributed by atoms with van der Waals surface area (Å²) in [6.07, 6.45) is 2.12. The second-order valence-electron chi connectivity index (χ2n) is 9.29. The van der Waals surface area contributed by atoms with Gasteiger partial charge >= 0.3 is 11.9 Å². The standard InChI is InChI=1S/C33H44O10/c1-11-25(34)42-23-19-21(27(36-13-3)31(40-17-7)29(23)38-15-5)33(9,10)22-20-24(43-26(35)12-2)30(39-16-6)32(41-18-8)28(22)37-14-4/h11-12,19-20H,1-2,13-18H2,3-10H3. The third kappa shape index (κ3) is 7.94. The molecular weight excluding hydrogens is 556 g/mol. The Morgan fingerprint density at radius 2 is 0.837 bits per heavy atom. The fourth-order valence-electron chi connectivity index (χ4n) is 4.41. The number of esters is 2. The van der Waals surface area contributed by atoms with Crippen molar-refractivity contribution < 1.29 is 47.5 Å². The molecule has 0 heterocycles. The van der Waals surface area contributed by atoms with Gasteiger partial charge in [-0.15, -0.1) is 0 Å². The average molecular weight is 601 g/mol. The molecule has 0 N–H and O–H groups in total. The highest BCUT2D eigenvalue weighted by Gasteiger charge is 2.38. The summed E-state index contributed by atoms with van der Waals surface area (Å²) in [6, 6.07) is 3.34. The van der Waals surface area contributed by atoms with Crippen LogP contribution in [0.1, 0.15) is 66.5 Å². The van der Waals surface area contributed by atoms with E-state index in [9.17, 15) is 9.59 Å². The van der Waals surface area contributed by atoms with Crippen molar-refractivity contribution in [2.24, 2.45) is 0 Å². The van der Waals surface area contributed by atoms with E-state index < -0.39 is 17.4 Å². The van der Waals surface area contributed by atoms with Gasteiger partial charge in [0, 0.05) is 28.7 Å². The van der Waals surface area contributed by atoms with E-state index >= 15 is 0 Å². The lowest BCUT2D eigenvalue weighted by Crippen LogP contribution is -2.24. The van der Waals surface area contributed by atoms with E-state index in [1.54, 1.807) is 12.1 Å². The molecule has 0 saturated heterocycles. The molecule has 0 aliphatic heterocycles. The Balaban J connectivity index is 3.14. The molecule has 0 saturated carbocycles. The fourth-order valence-corrected chi connectivity index (χ4v) is 4.41. The van der Waals surface area contributed by atoms with Crippen molar-refractivity contribution in [3.8, 4) is 46.0 Å². The predicted molar refractivity (Wildman–Crippen MR) is 164 cm³/mol. The van der Waals surface area contributed by atoms with Gasteiger partial charge in [0.25, 0.3) is 0 Å². The van der Waals surface area contributed by atoms with Gasteiger partial charge in [-0.05, 0) is 53.7 Å². The van der Waals surface area contributed by atoms with Crippen LogP contribution in [0.15, 0.2) is 37.4 Å². The van der Waals surface area contributed by atoms with Crippen LogP contribution in [-0.2, 0) is 15.0 Å². The summed E-state index contributed by atoms with van der Waals surface area (Å²) in [6.45, 7) is 23.6. The van der Waals surface area contributed by atoms with Crippen LogP contribution in [-0.4, -0.2) is 51.6 Å². The van der Waals surface area contributed by atoms with Gasteiger partial charge < -0.3 is 37.9 Å². The Labute approximate surface area is 254 Å². The number of hydrogen-bond donors (Lipinski definition) is 0. The first kappa shape index (κ1) is 34.9. The summed E-state index contributed by atoms with van der Waals surface area (Å²) in [5, 5.41) is 0. The van der Waals surface area contributed by atoms with Gasteiger partial charge in [0.1, 0.15) is 0 Å². The molecule has 0 radical (unpaired) electrons. The van der Waals surface area contributed by atoms with E-state index in [2.05, 4.69) is 13.2 Å². The van der Waals surface area contributed by atoms with Crippen LogP contribution < -0.4 is 37.9 Å². The van der Waals surface area contributed by atoms with Crippen molar-refractivity contribution in [2.75, 3.05) is 39.6 Å². The van der Waals surface area contributed by atoms with Crippen molar-refractivity contribution in [3.63, 3.8) is 0 Å². The van der Waals surface area contributed by atoms with Gasteiger partial charge in [-0.3, -0.25) is 0 Å². The highest BCUT2D eigenvalue weighted by molar-refractivity contribution is 5.85. The van der Waals surface area contributed by atoms with E-state index in [-0.39, 0.29) is 60.9 Å². The maximum atomic E-state index is 12.4. The molecule has 0 bridgehead atoms. The Kier molecular flexibility index (Phi) is 13.2. The Bertz CT molecular complexity index is 1200. The lowest BCUT2D eigenvalue weighted by atomic mass is 9.76. The van der Waals surface area contributed by atoms with Crippen LogP contribution in [0.3, 0.4) is 0 Å². The van der Waals surface area contributed by atoms with E-state index in [4.69, 9.17) is 37.9 Å². The smallest absolute Gasteiger partial charge is 0.335 e. The first-order valence-electron chi connectivity index (χ1n) is 14.5. The average Bonchev–Trinajstić information content (AvgIpc) is 2.98. The fraction of sp³-hybridized carbons (Fsp3) is 0.455. The molecule has 0 fully saturated rings. The largest absolute Gasteiger partial charge is 0.490 e. The molecule has 0 spiro atoms. The van der Waals surface area contributed by atoms with Gasteiger partial charge in [0.15, 0.2) is 23.0 Å². The van der Waals surface area contributed by atoms with Crippen LogP contribution in [0.5, 0.6) is 46.0 Å². The quantitative estimate of drug-likeness (QED) is 0.106. The molecule has 236 valence electrons. The third-order valence-corrected chi connectivity index (χ3v) is 6.15. The van der Waals surface area contributed by atoms with Crippen molar-refractivity contribution in [2.45, 2.75) is 60.8 Å². The molecule has 0 unspecified atom stereocenters. The minimum atomic E-state index is -0.979. The zero-order chi connectivity index (χ0) is 32.2. The van der Waals surface area contributed by atoms with Gasteiger partial charge in [0.05, 0.1) is 39.6 Å². The van der Waals surface area contributed by atoms with Crippen molar-refractivity contribution in [3.05, 3.63) is 48.6 Å². The molecule has 0 aromatic heterocycles. The lowest BCUT2D eigenvalue weighted by Gasteiger charge is -2.33. The highest BCUT2D eigenvalue weighted by atomic mass is 16.6. The second kappa shape index (κ2) is 16.3. The van der Waals surface area contributed by atoms with Crippen molar-refractivity contribution in [1.29, 1.82) is 0 Å². The van der Waals surface area contributed by atoms with Crippen LogP contribution >= 0.6 is 0 Å². The lowest BCUT2D eigenvalue weighted by molar-refractivity contribution is -0.130. The maximum Gasteiger partial charge on any atom is 0.335 e. The minimum Gasteiger partial charge on any atom is -0.490 e. The van der Waals surface area contributed by atoms with Crippen molar-refractivity contribution in [1.82, 2.24) is 0 Å². The molecule has 0 amide bonds. The number of carbonyl (C=O) groups excluding carboxylic acids is 2. The zero-order valence-corrected chi connectivity index (χ0v) is 26.5. The number of ether oxygens (including phenoxy) is 8. The monoisotopic (exact) mass is 600 g/mol. The van der Waals surface area contributed by atoms with Crippen LogP contribution in [0.2, 0.25) is 0 Å². The van der Waals surface area contributed by atoms with E-state index in [1.807, 2.05) is 55.4 Å². The predicted octanol–water partition coefficient (Wildman–Crippen LogP) is 6.59. The van der Waals surface area contributed by atoms with Crippen LogP contribution in [0.25, 0.3) is 0 Å². The number of hydrogen-bond acceptors (Lipinski definition) is 10. The SMILES string of the molecule is C=CC(=O)Oc1cc(C(C)(C)c2cc(OC(=O)C=C)c(OCC)c(OCC)c2OCC)c(OCC)c(OCC)c1OCC. The molecule has 2 aromatic carbocycles. The molecule has 43 heavy (non-hydrogen) atoms.